The number of fused-ring (bicyclic) bond motifs is 1. The van der Waals surface area contributed by atoms with Crippen molar-refractivity contribution >= 4 is 37.3 Å². The van der Waals surface area contributed by atoms with Crippen molar-refractivity contribution in [3.63, 3.8) is 0 Å². The fraction of sp³-hybridized carbons (Fsp3) is 0.304. The van der Waals surface area contributed by atoms with Gasteiger partial charge in [-0.1, -0.05) is 47.6 Å². The molecule has 7 heteroatoms. The molecule has 0 radical (unpaired) electrons. The second-order valence-corrected chi connectivity index (χ2v) is 10.5. The van der Waals surface area contributed by atoms with Crippen LogP contribution in [0.15, 0.2) is 47.5 Å². The van der Waals surface area contributed by atoms with E-state index >= 15 is 0 Å². The van der Waals surface area contributed by atoms with Crippen LogP contribution in [0.5, 0.6) is 0 Å². The van der Waals surface area contributed by atoms with Gasteiger partial charge in [0, 0.05) is 6.42 Å². The van der Waals surface area contributed by atoms with Crippen molar-refractivity contribution < 1.29 is 13.2 Å². The van der Waals surface area contributed by atoms with Crippen molar-refractivity contribution in [2.45, 2.75) is 39.0 Å². The van der Waals surface area contributed by atoms with Crippen LogP contribution in [0.2, 0.25) is 0 Å². The SMILES string of the molecule is C#CCn1c(=NC(=O)CCCS(=O)(=O)Cc2ccccc2)sc2cc(C)c(C)cc21. The molecule has 0 N–H and O–H groups in total. The molecule has 0 bridgehead atoms. The summed E-state index contributed by atoms with van der Waals surface area (Å²) < 4.78 is 27.5. The van der Waals surface area contributed by atoms with Gasteiger partial charge in [0.1, 0.15) is 0 Å². The topological polar surface area (TPSA) is 68.5 Å². The number of nitrogens with zero attached hydrogens (tertiary/aromatic N) is 2. The molecule has 2 aromatic carbocycles. The normalized spacial score (nSPS) is 12.2. The lowest BCUT2D eigenvalue weighted by Gasteiger charge is -2.04. The van der Waals surface area contributed by atoms with E-state index in [1.165, 1.54) is 11.3 Å². The number of hydrogen-bond acceptors (Lipinski definition) is 4. The summed E-state index contributed by atoms with van der Waals surface area (Å²) in [7, 11) is -3.27. The summed E-state index contributed by atoms with van der Waals surface area (Å²) >= 11 is 1.42. The summed E-state index contributed by atoms with van der Waals surface area (Å²) in [6.07, 6.45) is 5.84. The van der Waals surface area contributed by atoms with Crippen molar-refractivity contribution in [3.05, 3.63) is 64.0 Å². The van der Waals surface area contributed by atoms with E-state index < -0.39 is 9.84 Å². The number of hydrogen-bond donors (Lipinski definition) is 0. The summed E-state index contributed by atoms with van der Waals surface area (Å²) in [6, 6.07) is 13.2. The predicted molar refractivity (Wildman–Crippen MR) is 122 cm³/mol. The molecular weight excluding hydrogens is 416 g/mol. The number of amides is 1. The van der Waals surface area contributed by atoms with Crippen molar-refractivity contribution in [1.82, 2.24) is 4.57 Å². The first kappa shape index (κ1) is 22.0. The largest absolute Gasteiger partial charge is 0.305 e. The Morgan fingerprint density at radius 1 is 1.17 bits per heavy atom. The Kier molecular flexibility index (Phi) is 6.91. The van der Waals surface area contributed by atoms with Crippen LogP contribution < -0.4 is 4.80 Å². The second-order valence-electron chi connectivity index (χ2n) is 7.27. The van der Waals surface area contributed by atoms with Crippen LogP contribution in [0, 0.1) is 26.2 Å². The summed E-state index contributed by atoms with van der Waals surface area (Å²) in [5.41, 5.74) is 4.02. The number of terminal acetylenes is 1. The van der Waals surface area contributed by atoms with Gasteiger partial charge in [-0.3, -0.25) is 4.79 Å². The number of sulfone groups is 1. The average molecular weight is 441 g/mol. The Labute approximate surface area is 181 Å². The molecule has 0 aliphatic rings. The Hall–Kier alpha value is -2.69. The lowest BCUT2D eigenvalue weighted by molar-refractivity contribution is -0.118. The highest BCUT2D eigenvalue weighted by atomic mass is 32.2. The maximum absolute atomic E-state index is 12.4. The molecule has 0 saturated carbocycles. The molecule has 0 saturated heterocycles. The first-order valence-corrected chi connectivity index (χ1v) is 12.3. The van der Waals surface area contributed by atoms with Crippen molar-refractivity contribution in [3.8, 4) is 12.3 Å². The van der Waals surface area contributed by atoms with Crippen molar-refractivity contribution in [2.24, 2.45) is 4.99 Å². The molecule has 0 spiro atoms. The molecule has 0 aliphatic heterocycles. The van der Waals surface area contributed by atoms with E-state index in [1.807, 2.05) is 36.6 Å². The van der Waals surface area contributed by atoms with Gasteiger partial charge >= 0.3 is 0 Å². The maximum Gasteiger partial charge on any atom is 0.248 e. The van der Waals surface area contributed by atoms with Gasteiger partial charge in [0.25, 0.3) is 0 Å². The molecule has 30 heavy (non-hydrogen) atoms. The molecule has 1 amide bonds. The average Bonchev–Trinajstić information content (AvgIpc) is 2.99. The summed E-state index contributed by atoms with van der Waals surface area (Å²) in [4.78, 5) is 17.2. The Morgan fingerprint density at radius 3 is 2.57 bits per heavy atom. The van der Waals surface area contributed by atoms with Gasteiger partial charge in [0.15, 0.2) is 14.6 Å². The molecule has 156 valence electrons. The zero-order valence-corrected chi connectivity index (χ0v) is 18.7. The summed E-state index contributed by atoms with van der Waals surface area (Å²) in [5, 5.41) is 0. The number of rotatable bonds is 7. The highest BCUT2D eigenvalue weighted by molar-refractivity contribution is 7.90. The van der Waals surface area contributed by atoms with E-state index in [9.17, 15) is 13.2 Å². The lowest BCUT2D eigenvalue weighted by atomic mass is 10.1. The smallest absolute Gasteiger partial charge is 0.248 e. The minimum Gasteiger partial charge on any atom is -0.305 e. The van der Waals surface area contributed by atoms with Crippen LogP contribution in [-0.2, 0) is 26.9 Å². The second kappa shape index (κ2) is 9.41. The predicted octanol–water partition coefficient (Wildman–Crippen LogP) is 3.78. The van der Waals surface area contributed by atoms with Crippen LogP contribution in [0.3, 0.4) is 0 Å². The highest BCUT2D eigenvalue weighted by Crippen LogP contribution is 2.22. The minimum atomic E-state index is -3.27. The minimum absolute atomic E-state index is 0.0175. The summed E-state index contributed by atoms with van der Waals surface area (Å²) in [6.45, 7) is 4.39. The number of carbonyl (C=O) groups excluding carboxylic acids is 1. The number of aryl methyl sites for hydroxylation is 2. The van der Waals surface area contributed by atoms with Crippen molar-refractivity contribution in [2.75, 3.05) is 5.75 Å². The number of carbonyl (C=O) groups is 1. The Morgan fingerprint density at radius 2 is 1.87 bits per heavy atom. The number of benzene rings is 2. The standard InChI is InChI=1S/C23H24N2O3S2/c1-4-12-25-20-14-17(2)18(3)15-21(20)29-23(25)24-22(26)11-8-13-30(27,28)16-19-9-6-5-7-10-19/h1,5-7,9-10,14-15H,8,11-13,16H2,2-3H3. The third-order valence-electron chi connectivity index (χ3n) is 4.84. The zero-order chi connectivity index (χ0) is 21.7. The lowest BCUT2D eigenvalue weighted by Crippen LogP contribution is -2.17. The van der Waals surface area contributed by atoms with Gasteiger partial charge in [0.2, 0.25) is 5.91 Å². The van der Waals surface area contributed by atoms with Crippen LogP contribution in [-0.4, -0.2) is 24.6 Å². The van der Waals surface area contributed by atoms with Crippen LogP contribution in [0.1, 0.15) is 29.5 Å². The van der Waals surface area contributed by atoms with E-state index in [0.29, 0.717) is 11.3 Å². The van der Waals surface area contributed by atoms with E-state index in [-0.39, 0.29) is 30.3 Å². The van der Waals surface area contributed by atoms with E-state index in [4.69, 9.17) is 6.42 Å². The van der Waals surface area contributed by atoms with Crippen LogP contribution in [0.4, 0.5) is 0 Å². The van der Waals surface area contributed by atoms with Gasteiger partial charge in [0.05, 0.1) is 28.3 Å². The van der Waals surface area contributed by atoms with Crippen molar-refractivity contribution in [1.29, 1.82) is 0 Å². The van der Waals surface area contributed by atoms with Gasteiger partial charge < -0.3 is 4.57 Å². The molecular formula is C23H24N2O3S2. The van der Waals surface area contributed by atoms with Gasteiger partial charge in [-0.15, -0.1) is 6.42 Å². The molecule has 5 nitrogen and oxygen atoms in total. The Balaban J connectivity index is 1.72. The van der Waals surface area contributed by atoms with Gasteiger partial charge in [-0.2, -0.15) is 4.99 Å². The molecule has 0 atom stereocenters. The Bertz CT molecular complexity index is 1280. The molecule has 0 unspecified atom stereocenters. The fourth-order valence-electron chi connectivity index (χ4n) is 3.16. The molecule has 0 aliphatic carbocycles. The molecule has 0 fully saturated rings. The van der Waals surface area contributed by atoms with Gasteiger partial charge in [-0.25, -0.2) is 8.42 Å². The molecule has 1 heterocycles. The number of thiazole rings is 1. The van der Waals surface area contributed by atoms with Crippen LogP contribution in [0.25, 0.3) is 10.2 Å². The molecule has 3 rings (SSSR count). The van der Waals surface area contributed by atoms with E-state index in [0.717, 1.165) is 26.9 Å². The number of aromatic nitrogens is 1. The van der Waals surface area contributed by atoms with E-state index in [1.54, 1.807) is 12.1 Å². The monoisotopic (exact) mass is 440 g/mol. The highest BCUT2D eigenvalue weighted by Gasteiger charge is 2.14. The van der Waals surface area contributed by atoms with E-state index in [2.05, 4.69) is 23.0 Å². The van der Waals surface area contributed by atoms with Crippen LogP contribution >= 0.6 is 11.3 Å². The maximum atomic E-state index is 12.4. The first-order valence-electron chi connectivity index (χ1n) is 9.65. The third-order valence-corrected chi connectivity index (χ3v) is 7.57. The third kappa shape index (κ3) is 5.47. The fourth-order valence-corrected chi connectivity index (χ4v) is 5.71. The zero-order valence-electron chi connectivity index (χ0n) is 17.1. The van der Waals surface area contributed by atoms with Gasteiger partial charge in [-0.05, 0) is 49.1 Å². The molecule has 1 aromatic heterocycles. The molecule has 3 aromatic rings. The summed E-state index contributed by atoms with van der Waals surface area (Å²) in [5.74, 6) is 2.22. The quantitative estimate of drug-likeness (QED) is 0.525. The first-order chi connectivity index (χ1) is 14.3.